The van der Waals surface area contributed by atoms with Gasteiger partial charge >= 0.3 is 0 Å². The number of ether oxygens (including phenoxy) is 1. The minimum absolute atomic E-state index is 0.633. The highest BCUT2D eigenvalue weighted by atomic mass is 79.9. The van der Waals surface area contributed by atoms with Crippen LogP contribution in [0.25, 0.3) is 0 Å². The van der Waals surface area contributed by atoms with Gasteiger partial charge < -0.3 is 4.74 Å². The molecule has 76 valence electrons. The van der Waals surface area contributed by atoms with Crippen molar-refractivity contribution in [2.75, 3.05) is 13.2 Å². The smallest absolute Gasteiger partial charge is 0.0471 e. The lowest BCUT2D eigenvalue weighted by Crippen LogP contribution is -2.14. The minimum Gasteiger partial charge on any atom is -0.381 e. The third-order valence-electron chi connectivity index (χ3n) is 2.63. The minimum atomic E-state index is 0.633. The largest absolute Gasteiger partial charge is 0.381 e. The van der Waals surface area contributed by atoms with E-state index in [9.17, 15) is 0 Å². The highest BCUT2D eigenvalue weighted by molar-refractivity contribution is 9.11. The number of rotatable bonds is 1. The Labute approximate surface area is 101 Å². The van der Waals surface area contributed by atoms with Gasteiger partial charge in [0, 0.05) is 22.2 Å². The molecule has 0 unspecified atom stereocenters. The van der Waals surface area contributed by atoms with Crippen molar-refractivity contribution in [2.45, 2.75) is 18.8 Å². The zero-order valence-corrected chi connectivity index (χ0v) is 11.0. The molecule has 1 nitrogen and oxygen atoms in total. The van der Waals surface area contributed by atoms with E-state index in [4.69, 9.17) is 4.74 Å². The second-order valence-corrected chi connectivity index (χ2v) is 5.23. The molecule has 0 saturated carbocycles. The van der Waals surface area contributed by atoms with E-state index in [0.717, 1.165) is 26.1 Å². The molecule has 1 aromatic rings. The van der Waals surface area contributed by atoms with Gasteiger partial charge in [-0.1, -0.05) is 37.9 Å². The first-order valence-electron chi connectivity index (χ1n) is 4.80. The van der Waals surface area contributed by atoms with Gasteiger partial charge in [0.05, 0.1) is 0 Å². The Kier molecular flexibility index (Phi) is 3.63. The molecule has 0 amide bonds. The number of hydrogen-bond donors (Lipinski definition) is 0. The van der Waals surface area contributed by atoms with Gasteiger partial charge in [0.25, 0.3) is 0 Å². The molecule has 1 saturated heterocycles. The summed E-state index contributed by atoms with van der Waals surface area (Å²) in [4.78, 5) is 0. The summed E-state index contributed by atoms with van der Waals surface area (Å²) in [7, 11) is 0. The quantitative estimate of drug-likeness (QED) is 0.757. The average molecular weight is 320 g/mol. The van der Waals surface area contributed by atoms with Crippen LogP contribution in [0.15, 0.2) is 27.1 Å². The van der Waals surface area contributed by atoms with Crippen LogP contribution in [0.2, 0.25) is 0 Å². The lowest BCUT2D eigenvalue weighted by atomic mass is 9.92. The molecule has 1 heterocycles. The van der Waals surface area contributed by atoms with Gasteiger partial charge in [0.1, 0.15) is 0 Å². The molecule has 1 aliphatic rings. The fraction of sp³-hybridized carbons (Fsp3) is 0.455. The predicted octanol–water partition coefficient (Wildman–Crippen LogP) is 4.11. The van der Waals surface area contributed by atoms with E-state index in [2.05, 4.69) is 50.1 Å². The summed E-state index contributed by atoms with van der Waals surface area (Å²) in [6.07, 6.45) is 2.25. The van der Waals surface area contributed by atoms with Crippen molar-refractivity contribution in [3.8, 4) is 0 Å². The van der Waals surface area contributed by atoms with Crippen molar-refractivity contribution >= 4 is 31.9 Å². The maximum atomic E-state index is 5.37. The van der Waals surface area contributed by atoms with E-state index < -0.39 is 0 Å². The van der Waals surface area contributed by atoms with Gasteiger partial charge in [-0.3, -0.25) is 0 Å². The van der Waals surface area contributed by atoms with Crippen LogP contribution in [-0.4, -0.2) is 13.2 Å². The third kappa shape index (κ3) is 2.20. The van der Waals surface area contributed by atoms with Gasteiger partial charge in [0.15, 0.2) is 0 Å². The van der Waals surface area contributed by atoms with Crippen LogP contribution < -0.4 is 0 Å². The SMILES string of the molecule is Brc1cccc(Br)c1C1CCOCC1. The van der Waals surface area contributed by atoms with Gasteiger partial charge in [-0.25, -0.2) is 0 Å². The summed E-state index contributed by atoms with van der Waals surface area (Å²) < 4.78 is 7.78. The molecule has 0 aliphatic carbocycles. The van der Waals surface area contributed by atoms with Crippen molar-refractivity contribution in [2.24, 2.45) is 0 Å². The molecule has 0 radical (unpaired) electrons. The Balaban J connectivity index is 2.29. The van der Waals surface area contributed by atoms with E-state index in [-0.39, 0.29) is 0 Å². The van der Waals surface area contributed by atoms with Crippen molar-refractivity contribution < 1.29 is 4.74 Å². The maximum Gasteiger partial charge on any atom is 0.0471 e. The fourth-order valence-corrected chi connectivity index (χ4v) is 3.53. The fourth-order valence-electron chi connectivity index (χ4n) is 1.89. The number of halogens is 2. The van der Waals surface area contributed by atoms with Crippen LogP contribution in [0.3, 0.4) is 0 Å². The van der Waals surface area contributed by atoms with Gasteiger partial charge in [-0.05, 0) is 36.5 Å². The number of benzene rings is 1. The zero-order chi connectivity index (χ0) is 9.97. The molecular formula is C11H12Br2O. The molecular weight excluding hydrogens is 308 g/mol. The average Bonchev–Trinajstić information content (AvgIpc) is 2.19. The van der Waals surface area contributed by atoms with Gasteiger partial charge in [-0.15, -0.1) is 0 Å². The molecule has 3 heteroatoms. The van der Waals surface area contributed by atoms with Crippen molar-refractivity contribution in [3.63, 3.8) is 0 Å². The Hall–Kier alpha value is 0.140. The van der Waals surface area contributed by atoms with Crippen molar-refractivity contribution in [1.82, 2.24) is 0 Å². The van der Waals surface area contributed by atoms with Crippen molar-refractivity contribution in [3.05, 3.63) is 32.7 Å². The molecule has 0 atom stereocenters. The molecule has 1 fully saturated rings. The highest BCUT2D eigenvalue weighted by Gasteiger charge is 2.20. The van der Waals surface area contributed by atoms with E-state index >= 15 is 0 Å². The molecule has 1 aromatic carbocycles. The molecule has 14 heavy (non-hydrogen) atoms. The molecule has 0 aromatic heterocycles. The zero-order valence-electron chi connectivity index (χ0n) is 7.80. The first kappa shape index (κ1) is 10.7. The second-order valence-electron chi connectivity index (χ2n) is 3.52. The van der Waals surface area contributed by atoms with Crippen molar-refractivity contribution in [1.29, 1.82) is 0 Å². The number of hydrogen-bond acceptors (Lipinski definition) is 1. The molecule has 0 spiro atoms. The normalized spacial score (nSPS) is 18.4. The summed E-state index contributed by atoms with van der Waals surface area (Å²) in [5.74, 6) is 0.633. The topological polar surface area (TPSA) is 9.23 Å². The highest BCUT2D eigenvalue weighted by Crippen LogP contribution is 2.37. The Bertz CT molecular complexity index is 299. The Morgan fingerprint density at radius 3 is 2.21 bits per heavy atom. The Morgan fingerprint density at radius 1 is 1.07 bits per heavy atom. The second kappa shape index (κ2) is 4.77. The molecule has 0 bridgehead atoms. The van der Waals surface area contributed by atoms with Crippen LogP contribution in [0.1, 0.15) is 24.3 Å². The summed E-state index contributed by atoms with van der Waals surface area (Å²) in [6.45, 7) is 1.77. The summed E-state index contributed by atoms with van der Waals surface area (Å²) in [6, 6.07) is 6.27. The first-order valence-corrected chi connectivity index (χ1v) is 6.39. The lowest BCUT2D eigenvalue weighted by Gasteiger charge is -2.24. The van der Waals surface area contributed by atoms with Crippen LogP contribution in [-0.2, 0) is 4.74 Å². The standard InChI is InChI=1S/C11H12Br2O/c12-9-2-1-3-10(13)11(9)8-4-6-14-7-5-8/h1-3,8H,4-7H2. The van der Waals surface area contributed by atoms with Crippen LogP contribution in [0, 0.1) is 0 Å². The van der Waals surface area contributed by atoms with Gasteiger partial charge in [-0.2, -0.15) is 0 Å². The predicted molar refractivity (Wildman–Crippen MR) is 64.6 cm³/mol. The summed E-state index contributed by atoms with van der Waals surface area (Å²) in [5, 5.41) is 0. The van der Waals surface area contributed by atoms with E-state index in [1.54, 1.807) is 0 Å². The van der Waals surface area contributed by atoms with Crippen LogP contribution in [0.4, 0.5) is 0 Å². The molecule has 2 rings (SSSR count). The third-order valence-corrected chi connectivity index (χ3v) is 4.01. The van der Waals surface area contributed by atoms with Gasteiger partial charge in [0.2, 0.25) is 0 Å². The molecule has 1 aliphatic heterocycles. The van der Waals surface area contributed by atoms with Crippen LogP contribution in [0.5, 0.6) is 0 Å². The maximum absolute atomic E-state index is 5.37. The van der Waals surface area contributed by atoms with E-state index in [0.29, 0.717) is 5.92 Å². The Morgan fingerprint density at radius 2 is 1.64 bits per heavy atom. The van der Waals surface area contributed by atoms with E-state index in [1.807, 2.05) is 0 Å². The summed E-state index contributed by atoms with van der Waals surface area (Å²) >= 11 is 7.22. The monoisotopic (exact) mass is 318 g/mol. The summed E-state index contributed by atoms with van der Waals surface area (Å²) in [5.41, 5.74) is 1.40. The van der Waals surface area contributed by atoms with E-state index in [1.165, 1.54) is 14.5 Å². The lowest BCUT2D eigenvalue weighted by molar-refractivity contribution is 0.0851. The van der Waals surface area contributed by atoms with Crippen LogP contribution >= 0.6 is 31.9 Å². The first-order chi connectivity index (χ1) is 6.79. The molecule has 0 N–H and O–H groups in total.